The van der Waals surface area contributed by atoms with E-state index in [4.69, 9.17) is 5.73 Å². The van der Waals surface area contributed by atoms with Crippen LogP contribution in [0.5, 0.6) is 0 Å². The number of aromatic nitrogens is 1. The molecule has 1 saturated carbocycles. The summed E-state index contributed by atoms with van der Waals surface area (Å²) < 4.78 is 0. The minimum absolute atomic E-state index is 0.0694. The summed E-state index contributed by atoms with van der Waals surface area (Å²) in [6.45, 7) is 2.66. The molecule has 0 aromatic carbocycles. The third kappa shape index (κ3) is 3.26. The summed E-state index contributed by atoms with van der Waals surface area (Å²) in [4.78, 5) is 16.1. The topological polar surface area (TPSA) is 68.0 Å². The maximum atomic E-state index is 11.8. The van der Waals surface area contributed by atoms with Gasteiger partial charge >= 0.3 is 0 Å². The van der Waals surface area contributed by atoms with E-state index >= 15 is 0 Å². The predicted octanol–water partition coefficient (Wildman–Crippen LogP) is 2.08. The molecule has 1 atom stereocenters. The number of nitrogens with one attached hydrogen (secondary N) is 1. The molecule has 0 aliphatic heterocycles. The Morgan fingerprint density at radius 3 is 2.94 bits per heavy atom. The standard InChI is InChI=1S/C12H19N3OS/c1-8(13)12-15-10(7-17-12)11(16)14-6-9-4-2-3-5-9/h7-9H,2-6,13H2,1H3,(H,14,16). The van der Waals surface area contributed by atoms with Gasteiger partial charge in [-0.15, -0.1) is 11.3 Å². The summed E-state index contributed by atoms with van der Waals surface area (Å²) in [5, 5.41) is 5.55. The van der Waals surface area contributed by atoms with Crippen molar-refractivity contribution in [1.29, 1.82) is 0 Å². The first kappa shape index (κ1) is 12.5. The average molecular weight is 253 g/mol. The lowest BCUT2D eigenvalue weighted by Crippen LogP contribution is -2.28. The Labute approximate surface area is 106 Å². The molecule has 0 radical (unpaired) electrons. The number of amides is 1. The Morgan fingerprint density at radius 1 is 1.65 bits per heavy atom. The lowest BCUT2D eigenvalue weighted by molar-refractivity contribution is 0.0943. The van der Waals surface area contributed by atoms with E-state index in [0.717, 1.165) is 11.6 Å². The molecular formula is C12H19N3OS. The summed E-state index contributed by atoms with van der Waals surface area (Å²) in [5.74, 6) is 0.588. The molecule has 0 bridgehead atoms. The highest BCUT2D eigenvalue weighted by atomic mass is 32.1. The van der Waals surface area contributed by atoms with Crippen molar-refractivity contribution in [3.8, 4) is 0 Å². The zero-order valence-electron chi connectivity index (χ0n) is 10.1. The molecule has 5 heteroatoms. The fourth-order valence-electron chi connectivity index (χ4n) is 2.14. The van der Waals surface area contributed by atoms with Gasteiger partial charge in [-0.1, -0.05) is 12.8 Å². The lowest BCUT2D eigenvalue weighted by atomic mass is 10.1. The third-order valence-corrected chi connectivity index (χ3v) is 4.22. The number of nitrogens with zero attached hydrogens (tertiary/aromatic N) is 1. The highest BCUT2D eigenvalue weighted by molar-refractivity contribution is 7.09. The summed E-state index contributed by atoms with van der Waals surface area (Å²) in [6.07, 6.45) is 5.07. The van der Waals surface area contributed by atoms with Crippen molar-refractivity contribution >= 4 is 17.2 Å². The SMILES string of the molecule is CC(N)c1nc(C(=O)NCC2CCCC2)cs1. The van der Waals surface area contributed by atoms with Gasteiger partial charge in [0.05, 0.1) is 6.04 Å². The van der Waals surface area contributed by atoms with E-state index in [9.17, 15) is 4.79 Å². The smallest absolute Gasteiger partial charge is 0.270 e. The summed E-state index contributed by atoms with van der Waals surface area (Å²) in [5.41, 5.74) is 6.22. The van der Waals surface area contributed by atoms with Gasteiger partial charge in [-0.2, -0.15) is 0 Å². The zero-order chi connectivity index (χ0) is 12.3. The maximum Gasteiger partial charge on any atom is 0.270 e. The molecular weight excluding hydrogens is 234 g/mol. The van der Waals surface area contributed by atoms with Gasteiger partial charge in [0.2, 0.25) is 0 Å². The monoisotopic (exact) mass is 253 g/mol. The van der Waals surface area contributed by atoms with Crippen molar-refractivity contribution in [1.82, 2.24) is 10.3 Å². The largest absolute Gasteiger partial charge is 0.350 e. The maximum absolute atomic E-state index is 11.8. The zero-order valence-corrected chi connectivity index (χ0v) is 10.9. The predicted molar refractivity (Wildman–Crippen MR) is 69.0 cm³/mol. The van der Waals surface area contributed by atoms with Crippen LogP contribution < -0.4 is 11.1 Å². The van der Waals surface area contributed by atoms with Crippen molar-refractivity contribution in [2.75, 3.05) is 6.54 Å². The van der Waals surface area contributed by atoms with E-state index in [1.807, 2.05) is 6.92 Å². The van der Waals surface area contributed by atoms with Crippen LogP contribution >= 0.6 is 11.3 Å². The third-order valence-electron chi connectivity index (χ3n) is 3.17. The fraction of sp³-hybridized carbons (Fsp3) is 0.667. The van der Waals surface area contributed by atoms with Crippen LogP contribution in [0.3, 0.4) is 0 Å². The Kier molecular flexibility index (Phi) is 4.12. The number of hydrogen-bond donors (Lipinski definition) is 2. The second-order valence-electron chi connectivity index (χ2n) is 4.72. The van der Waals surface area contributed by atoms with Crippen LogP contribution in [0, 0.1) is 5.92 Å². The molecule has 17 heavy (non-hydrogen) atoms. The summed E-state index contributed by atoms with van der Waals surface area (Å²) in [7, 11) is 0. The van der Waals surface area contributed by atoms with Crippen molar-refractivity contribution in [3.63, 3.8) is 0 Å². The molecule has 1 unspecified atom stereocenters. The van der Waals surface area contributed by atoms with Gasteiger partial charge in [-0.25, -0.2) is 4.98 Å². The number of thiazole rings is 1. The van der Waals surface area contributed by atoms with Crippen LogP contribution in [0.4, 0.5) is 0 Å². The van der Waals surface area contributed by atoms with Gasteiger partial charge in [0, 0.05) is 11.9 Å². The molecule has 0 saturated heterocycles. The Hall–Kier alpha value is -0.940. The lowest BCUT2D eigenvalue weighted by Gasteiger charge is -2.09. The number of rotatable bonds is 4. The fourth-order valence-corrected chi connectivity index (χ4v) is 2.90. The van der Waals surface area contributed by atoms with Crippen molar-refractivity contribution in [2.24, 2.45) is 11.7 Å². The molecule has 1 aliphatic rings. The summed E-state index contributed by atoms with van der Waals surface area (Å²) >= 11 is 1.45. The highest BCUT2D eigenvalue weighted by Gasteiger charge is 2.17. The van der Waals surface area contributed by atoms with Crippen LogP contribution in [0.15, 0.2) is 5.38 Å². The molecule has 1 fully saturated rings. The molecule has 1 heterocycles. The molecule has 94 valence electrons. The van der Waals surface area contributed by atoms with Crippen molar-refractivity contribution in [3.05, 3.63) is 16.1 Å². The number of carbonyl (C=O) groups excluding carboxylic acids is 1. The minimum atomic E-state index is -0.101. The molecule has 1 aliphatic carbocycles. The molecule has 3 N–H and O–H groups in total. The van der Waals surface area contributed by atoms with Crippen LogP contribution in [0.2, 0.25) is 0 Å². The minimum Gasteiger partial charge on any atom is -0.350 e. The van der Waals surface area contributed by atoms with Crippen LogP contribution in [0.25, 0.3) is 0 Å². The van der Waals surface area contributed by atoms with Gasteiger partial charge in [0.25, 0.3) is 5.91 Å². The molecule has 4 nitrogen and oxygen atoms in total. The first-order valence-electron chi connectivity index (χ1n) is 6.16. The van der Waals surface area contributed by atoms with Crippen molar-refractivity contribution < 1.29 is 4.79 Å². The first-order valence-corrected chi connectivity index (χ1v) is 7.04. The summed E-state index contributed by atoms with van der Waals surface area (Å²) in [6, 6.07) is -0.101. The number of nitrogens with two attached hydrogens (primary N) is 1. The molecule has 0 spiro atoms. The highest BCUT2D eigenvalue weighted by Crippen LogP contribution is 2.23. The average Bonchev–Trinajstić information content (AvgIpc) is 2.96. The quantitative estimate of drug-likeness (QED) is 0.863. The second-order valence-corrected chi connectivity index (χ2v) is 5.61. The second kappa shape index (κ2) is 5.60. The van der Waals surface area contributed by atoms with Crippen molar-refractivity contribution in [2.45, 2.75) is 38.6 Å². The molecule has 2 rings (SSSR count). The van der Waals surface area contributed by atoms with E-state index in [1.54, 1.807) is 5.38 Å². The van der Waals surface area contributed by atoms with Crippen LogP contribution in [-0.4, -0.2) is 17.4 Å². The number of hydrogen-bond acceptors (Lipinski definition) is 4. The Balaban J connectivity index is 1.85. The van der Waals surface area contributed by atoms with Gasteiger partial charge in [0.1, 0.15) is 10.7 Å². The van der Waals surface area contributed by atoms with E-state index in [2.05, 4.69) is 10.3 Å². The Morgan fingerprint density at radius 2 is 2.35 bits per heavy atom. The van der Waals surface area contributed by atoms with Gasteiger partial charge in [-0.3, -0.25) is 4.79 Å². The van der Waals surface area contributed by atoms with Gasteiger partial charge < -0.3 is 11.1 Å². The normalized spacial score (nSPS) is 18.2. The van der Waals surface area contributed by atoms with Gasteiger partial charge in [0.15, 0.2) is 0 Å². The van der Waals surface area contributed by atoms with E-state index in [0.29, 0.717) is 11.6 Å². The first-order chi connectivity index (χ1) is 8.16. The van der Waals surface area contributed by atoms with E-state index in [1.165, 1.54) is 37.0 Å². The van der Waals surface area contributed by atoms with E-state index in [-0.39, 0.29) is 11.9 Å². The Bertz CT molecular complexity index is 383. The molecule has 1 amide bonds. The molecule has 1 aromatic rings. The van der Waals surface area contributed by atoms with Crippen LogP contribution in [0.1, 0.15) is 54.1 Å². The van der Waals surface area contributed by atoms with E-state index < -0.39 is 0 Å². The number of carbonyl (C=O) groups is 1. The van der Waals surface area contributed by atoms with Gasteiger partial charge in [-0.05, 0) is 25.7 Å². The molecule has 1 aromatic heterocycles. The van der Waals surface area contributed by atoms with Crippen LogP contribution in [-0.2, 0) is 0 Å².